The predicted octanol–water partition coefficient (Wildman–Crippen LogP) is 5.10. The summed E-state index contributed by atoms with van der Waals surface area (Å²) in [6.45, 7) is 0. The van der Waals surface area contributed by atoms with E-state index in [1.165, 1.54) is 22.9 Å². The largest absolute Gasteiger partial charge is 0.345 e. The van der Waals surface area contributed by atoms with Crippen LogP contribution < -0.4 is 10.6 Å². The molecule has 2 amide bonds. The zero-order chi connectivity index (χ0) is 22.3. The van der Waals surface area contributed by atoms with E-state index in [-0.39, 0.29) is 23.6 Å². The summed E-state index contributed by atoms with van der Waals surface area (Å²) in [6, 6.07) is 24.5. The van der Waals surface area contributed by atoms with Gasteiger partial charge in [0, 0.05) is 10.6 Å². The third kappa shape index (κ3) is 5.19. The molecule has 0 radical (unpaired) electrons. The minimum absolute atomic E-state index is 0.00113. The summed E-state index contributed by atoms with van der Waals surface area (Å²) in [7, 11) is 0. The van der Waals surface area contributed by atoms with Crippen molar-refractivity contribution < 1.29 is 9.59 Å². The average Bonchev–Trinajstić information content (AvgIpc) is 2.83. The van der Waals surface area contributed by atoms with E-state index in [9.17, 15) is 9.59 Å². The van der Waals surface area contributed by atoms with Crippen LogP contribution in [0.5, 0.6) is 0 Å². The fraction of sp³-hybridized carbons (Fsp3) is 0.192. The molecule has 1 aliphatic rings. The molecule has 0 fully saturated rings. The lowest BCUT2D eigenvalue weighted by Crippen LogP contribution is -2.31. The molecule has 32 heavy (non-hydrogen) atoms. The van der Waals surface area contributed by atoms with E-state index in [1.807, 2.05) is 30.3 Å². The Balaban J connectivity index is 1.41. The number of nitrogens with zero attached hydrogens (tertiary/aromatic N) is 1. The summed E-state index contributed by atoms with van der Waals surface area (Å²) in [5, 5.41) is 15.0. The predicted molar refractivity (Wildman–Crippen MR) is 127 cm³/mol. The summed E-state index contributed by atoms with van der Waals surface area (Å²) >= 11 is 1.32. The van der Waals surface area contributed by atoms with Crippen molar-refractivity contribution in [1.29, 1.82) is 5.26 Å². The van der Waals surface area contributed by atoms with Gasteiger partial charge in [0.05, 0.1) is 29.0 Å². The molecule has 6 heteroatoms. The number of rotatable bonds is 6. The molecule has 160 valence electrons. The lowest BCUT2D eigenvalue weighted by Gasteiger charge is -2.26. The van der Waals surface area contributed by atoms with Gasteiger partial charge in [-0.25, -0.2) is 0 Å². The molecule has 3 aromatic carbocycles. The Morgan fingerprint density at radius 1 is 1.03 bits per heavy atom. The molecule has 0 aromatic heterocycles. The van der Waals surface area contributed by atoms with Crippen LogP contribution in [0.2, 0.25) is 0 Å². The van der Waals surface area contributed by atoms with E-state index in [0.717, 1.165) is 24.2 Å². The van der Waals surface area contributed by atoms with Gasteiger partial charge in [-0.2, -0.15) is 5.26 Å². The Morgan fingerprint density at radius 3 is 2.72 bits per heavy atom. The van der Waals surface area contributed by atoms with Crippen LogP contribution in [-0.2, 0) is 11.2 Å². The van der Waals surface area contributed by atoms with Crippen LogP contribution in [-0.4, -0.2) is 17.6 Å². The van der Waals surface area contributed by atoms with Crippen molar-refractivity contribution in [2.45, 2.75) is 30.2 Å². The summed E-state index contributed by atoms with van der Waals surface area (Å²) < 4.78 is 0. The number of nitrogens with one attached hydrogen (secondary N) is 2. The van der Waals surface area contributed by atoms with Gasteiger partial charge in [0.15, 0.2) is 0 Å². The van der Waals surface area contributed by atoms with E-state index in [2.05, 4.69) is 28.8 Å². The van der Waals surface area contributed by atoms with Crippen LogP contribution in [0.3, 0.4) is 0 Å². The first-order valence-electron chi connectivity index (χ1n) is 10.5. The normalized spacial score (nSPS) is 14.7. The molecular formula is C26H23N3O2S. The second-order valence-corrected chi connectivity index (χ2v) is 8.66. The van der Waals surface area contributed by atoms with Crippen molar-refractivity contribution in [3.05, 3.63) is 95.1 Å². The molecule has 0 heterocycles. The monoisotopic (exact) mass is 441 g/mol. The van der Waals surface area contributed by atoms with Crippen molar-refractivity contribution in [3.63, 3.8) is 0 Å². The molecule has 0 saturated carbocycles. The molecule has 0 bridgehead atoms. The van der Waals surface area contributed by atoms with Crippen molar-refractivity contribution in [3.8, 4) is 6.07 Å². The van der Waals surface area contributed by atoms with Crippen molar-refractivity contribution in [2.24, 2.45) is 0 Å². The van der Waals surface area contributed by atoms with Gasteiger partial charge in [0.1, 0.15) is 0 Å². The second-order valence-electron chi connectivity index (χ2n) is 7.64. The maximum Gasteiger partial charge on any atom is 0.252 e. The first-order valence-corrected chi connectivity index (χ1v) is 11.5. The number of thioether (sulfide) groups is 1. The smallest absolute Gasteiger partial charge is 0.252 e. The average molecular weight is 442 g/mol. The molecule has 0 spiro atoms. The second kappa shape index (κ2) is 10.2. The highest BCUT2D eigenvalue weighted by molar-refractivity contribution is 8.00. The maximum absolute atomic E-state index is 13.1. The first-order chi connectivity index (χ1) is 15.6. The Labute approximate surface area is 191 Å². The maximum atomic E-state index is 13.1. The van der Waals surface area contributed by atoms with Crippen LogP contribution in [0.25, 0.3) is 0 Å². The SMILES string of the molecule is N#Cc1cccc(NC(=O)CSc2ccccc2C(=O)N[C@@H]2CCCc3ccccc32)c1. The number of amides is 2. The summed E-state index contributed by atoms with van der Waals surface area (Å²) in [6.07, 6.45) is 3.01. The van der Waals surface area contributed by atoms with Gasteiger partial charge in [-0.3, -0.25) is 9.59 Å². The quantitative estimate of drug-likeness (QED) is 0.522. The zero-order valence-corrected chi connectivity index (χ0v) is 18.3. The molecule has 0 aliphatic heterocycles. The number of nitriles is 1. The molecule has 0 saturated heterocycles. The topological polar surface area (TPSA) is 82.0 Å². The summed E-state index contributed by atoms with van der Waals surface area (Å²) in [5.74, 6) is -0.161. The molecule has 3 aromatic rings. The molecule has 1 atom stereocenters. The van der Waals surface area contributed by atoms with Gasteiger partial charge < -0.3 is 10.6 Å². The van der Waals surface area contributed by atoms with Crippen LogP contribution in [0, 0.1) is 11.3 Å². The van der Waals surface area contributed by atoms with E-state index < -0.39 is 0 Å². The number of hydrogen-bond acceptors (Lipinski definition) is 4. The lowest BCUT2D eigenvalue weighted by atomic mass is 9.87. The fourth-order valence-corrected chi connectivity index (χ4v) is 4.78. The van der Waals surface area contributed by atoms with Gasteiger partial charge >= 0.3 is 0 Å². The number of aryl methyl sites for hydroxylation is 1. The fourth-order valence-electron chi connectivity index (χ4n) is 3.93. The van der Waals surface area contributed by atoms with Gasteiger partial charge in [-0.05, 0) is 60.7 Å². The van der Waals surface area contributed by atoms with Crippen molar-refractivity contribution in [2.75, 3.05) is 11.1 Å². The minimum Gasteiger partial charge on any atom is -0.345 e. The highest BCUT2D eigenvalue weighted by Gasteiger charge is 2.23. The van der Waals surface area contributed by atoms with Gasteiger partial charge in [0.2, 0.25) is 5.91 Å². The minimum atomic E-state index is -0.193. The van der Waals surface area contributed by atoms with Crippen LogP contribution in [0.15, 0.2) is 77.7 Å². The Bertz CT molecular complexity index is 1190. The number of benzene rings is 3. The molecular weight excluding hydrogens is 418 g/mol. The standard InChI is InChI=1S/C26H23N3O2S/c27-16-18-7-5-10-20(15-18)28-25(30)17-32-24-14-4-3-12-22(24)26(31)29-23-13-6-9-19-8-1-2-11-21(19)23/h1-5,7-8,10-12,14-15,23H,6,9,13,17H2,(H,28,30)(H,29,31)/t23-/m1/s1. The summed E-state index contributed by atoms with van der Waals surface area (Å²) in [5.41, 5.74) is 4.12. The number of fused-ring (bicyclic) bond motifs is 1. The molecule has 5 nitrogen and oxygen atoms in total. The Morgan fingerprint density at radius 2 is 1.84 bits per heavy atom. The molecule has 2 N–H and O–H groups in total. The van der Waals surface area contributed by atoms with Crippen LogP contribution in [0.4, 0.5) is 5.69 Å². The van der Waals surface area contributed by atoms with E-state index in [0.29, 0.717) is 16.8 Å². The van der Waals surface area contributed by atoms with Crippen molar-refractivity contribution in [1.82, 2.24) is 5.32 Å². The van der Waals surface area contributed by atoms with Gasteiger partial charge in [-0.15, -0.1) is 11.8 Å². The highest BCUT2D eigenvalue weighted by atomic mass is 32.2. The third-order valence-corrected chi connectivity index (χ3v) is 6.51. The lowest BCUT2D eigenvalue weighted by molar-refractivity contribution is -0.113. The number of carbonyl (C=O) groups excluding carboxylic acids is 2. The first kappa shape index (κ1) is 21.7. The highest BCUT2D eigenvalue weighted by Crippen LogP contribution is 2.30. The van der Waals surface area contributed by atoms with E-state index in [1.54, 1.807) is 30.3 Å². The van der Waals surface area contributed by atoms with Gasteiger partial charge in [0.25, 0.3) is 5.91 Å². The number of carbonyl (C=O) groups is 2. The van der Waals surface area contributed by atoms with Crippen molar-refractivity contribution >= 4 is 29.3 Å². The Kier molecular flexibility index (Phi) is 6.88. The van der Waals surface area contributed by atoms with E-state index >= 15 is 0 Å². The molecule has 0 unspecified atom stereocenters. The number of anilines is 1. The number of hydrogen-bond donors (Lipinski definition) is 2. The van der Waals surface area contributed by atoms with E-state index in [4.69, 9.17) is 5.26 Å². The molecule has 4 rings (SSSR count). The molecule has 1 aliphatic carbocycles. The Hall–Kier alpha value is -3.56. The van der Waals surface area contributed by atoms with Crippen LogP contribution in [0.1, 0.15) is 45.9 Å². The third-order valence-electron chi connectivity index (χ3n) is 5.44. The van der Waals surface area contributed by atoms with Crippen LogP contribution >= 0.6 is 11.8 Å². The summed E-state index contributed by atoms with van der Waals surface area (Å²) in [4.78, 5) is 26.3. The van der Waals surface area contributed by atoms with Gasteiger partial charge in [-0.1, -0.05) is 42.5 Å². The zero-order valence-electron chi connectivity index (χ0n) is 17.5.